The van der Waals surface area contributed by atoms with Crippen molar-refractivity contribution in [3.05, 3.63) is 34.6 Å². The van der Waals surface area contributed by atoms with E-state index >= 15 is 0 Å². The van der Waals surface area contributed by atoms with Crippen LogP contribution in [0.1, 0.15) is 18.4 Å². The van der Waals surface area contributed by atoms with Crippen molar-refractivity contribution in [1.82, 2.24) is 5.32 Å². The van der Waals surface area contributed by atoms with Crippen LogP contribution in [0.4, 0.5) is 17.6 Å². The molecule has 1 aromatic rings. The van der Waals surface area contributed by atoms with Crippen molar-refractivity contribution < 1.29 is 17.6 Å². The molecule has 0 spiro atoms. The Bertz CT molecular complexity index is 426. The van der Waals surface area contributed by atoms with Crippen LogP contribution in [0.15, 0.2) is 18.2 Å². The predicted molar refractivity (Wildman–Crippen MR) is 56.3 cm³/mol. The summed E-state index contributed by atoms with van der Waals surface area (Å²) in [6.07, 6.45) is -4.10. The van der Waals surface area contributed by atoms with Gasteiger partial charge in [-0.2, -0.15) is 13.2 Å². The Hall–Kier alpha value is -0.810. The molecule has 6 heteroatoms. The molecule has 1 fully saturated rings. The fourth-order valence-corrected chi connectivity index (χ4v) is 1.72. The Morgan fingerprint density at radius 1 is 1.29 bits per heavy atom. The predicted octanol–water partition coefficient (Wildman–Crippen LogP) is 3.66. The minimum absolute atomic E-state index is 0.0202. The Morgan fingerprint density at radius 2 is 1.94 bits per heavy atom. The van der Waals surface area contributed by atoms with Crippen molar-refractivity contribution in [2.45, 2.75) is 31.1 Å². The van der Waals surface area contributed by atoms with Crippen molar-refractivity contribution in [3.63, 3.8) is 0 Å². The molecule has 0 amide bonds. The molecule has 1 aliphatic rings. The zero-order valence-corrected chi connectivity index (χ0v) is 9.50. The normalized spacial score (nSPS) is 18.2. The maximum absolute atomic E-state index is 13.1. The average Bonchev–Trinajstić information content (AvgIpc) is 3.00. The summed E-state index contributed by atoms with van der Waals surface area (Å²) in [6, 6.07) is 3.98. The van der Waals surface area contributed by atoms with Gasteiger partial charge < -0.3 is 0 Å². The topological polar surface area (TPSA) is 12.0 Å². The minimum atomic E-state index is -4.25. The quantitative estimate of drug-likeness (QED) is 0.824. The van der Waals surface area contributed by atoms with Gasteiger partial charge in [-0.25, -0.2) is 4.39 Å². The van der Waals surface area contributed by atoms with Gasteiger partial charge in [0.25, 0.3) is 0 Å². The van der Waals surface area contributed by atoms with Crippen LogP contribution in [-0.4, -0.2) is 11.7 Å². The van der Waals surface area contributed by atoms with Crippen LogP contribution in [-0.2, 0) is 6.54 Å². The summed E-state index contributed by atoms with van der Waals surface area (Å²) in [5.74, 6) is -0.622. The standard InChI is InChI=1S/C11H10ClF4N/c12-8-2-1-7(5-9(8)13)6-17-10(3-4-10)11(14,15)16/h1-2,5,17H,3-4,6H2. The Kier molecular flexibility index (Phi) is 3.08. The molecular weight excluding hydrogens is 258 g/mol. The zero-order valence-electron chi connectivity index (χ0n) is 8.74. The van der Waals surface area contributed by atoms with E-state index in [2.05, 4.69) is 5.32 Å². The molecule has 0 aromatic heterocycles. The second-order valence-electron chi connectivity index (χ2n) is 4.18. The SMILES string of the molecule is Fc1cc(CNC2(C(F)(F)F)CC2)ccc1Cl. The third kappa shape index (κ3) is 2.55. The molecule has 1 aliphatic carbocycles. The summed E-state index contributed by atoms with van der Waals surface area (Å²) in [4.78, 5) is 0. The van der Waals surface area contributed by atoms with E-state index in [9.17, 15) is 17.6 Å². The molecule has 0 saturated heterocycles. The molecule has 1 aromatic carbocycles. The van der Waals surface area contributed by atoms with Gasteiger partial charge in [0, 0.05) is 6.54 Å². The molecule has 0 aliphatic heterocycles. The van der Waals surface area contributed by atoms with Gasteiger partial charge in [0.15, 0.2) is 0 Å². The van der Waals surface area contributed by atoms with E-state index < -0.39 is 17.5 Å². The number of rotatable bonds is 3. The summed E-state index contributed by atoms with van der Waals surface area (Å²) < 4.78 is 50.8. The average molecular weight is 268 g/mol. The van der Waals surface area contributed by atoms with E-state index in [1.54, 1.807) is 0 Å². The van der Waals surface area contributed by atoms with Crippen molar-refractivity contribution in [2.24, 2.45) is 0 Å². The first-order chi connectivity index (χ1) is 7.84. The van der Waals surface area contributed by atoms with Crippen molar-refractivity contribution in [2.75, 3.05) is 0 Å². The molecule has 0 atom stereocenters. The number of nitrogens with one attached hydrogen (secondary N) is 1. The molecule has 94 valence electrons. The first-order valence-corrected chi connectivity index (χ1v) is 5.48. The van der Waals surface area contributed by atoms with Crippen LogP contribution in [0.5, 0.6) is 0 Å². The molecule has 0 radical (unpaired) electrons. The van der Waals surface area contributed by atoms with E-state index in [1.165, 1.54) is 12.1 Å². The summed E-state index contributed by atoms with van der Waals surface area (Å²) >= 11 is 5.48. The van der Waals surface area contributed by atoms with Crippen LogP contribution in [0, 0.1) is 5.82 Å². The van der Waals surface area contributed by atoms with Crippen LogP contribution in [0.2, 0.25) is 5.02 Å². The van der Waals surface area contributed by atoms with E-state index in [1.807, 2.05) is 0 Å². The van der Waals surface area contributed by atoms with Gasteiger partial charge in [-0.3, -0.25) is 5.32 Å². The largest absolute Gasteiger partial charge is 0.406 e. The highest BCUT2D eigenvalue weighted by Gasteiger charge is 2.62. The van der Waals surface area contributed by atoms with Gasteiger partial charge in [-0.15, -0.1) is 0 Å². The van der Waals surface area contributed by atoms with Crippen LogP contribution >= 0.6 is 11.6 Å². The fourth-order valence-electron chi connectivity index (χ4n) is 1.61. The number of alkyl halides is 3. The van der Waals surface area contributed by atoms with E-state index in [0.29, 0.717) is 5.56 Å². The molecule has 0 heterocycles. The lowest BCUT2D eigenvalue weighted by atomic mass is 10.2. The molecule has 0 unspecified atom stereocenters. The van der Waals surface area contributed by atoms with Crippen molar-refractivity contribution in [3.8, 4) is 0 Å². The van der Waals surface area contributed by atoms with Gasteiger partial charge in [0.05, 0.1) is 5.02 Å². The maximum Gasteiger partial charge on any atom is 0.406 e. The maximum atomic E-state index is 13.1. The third-order valence-electron chi connectivity index (χ3n) is 2.91. The molecule has 2 rings (SSSR count). The summed E-state index contributed by atoms with van der Waals surface area (Å²) in [5.41, 5.74) is -1.33. The summed E-state index contributed by atoms with van der Waals surface area (Å²) in [7, 11) is 0. The smallest absolute Gasteiger partial charge is 0.299 e. The summed E-state index contributed by atoms with van der Waals surface area (Å²) in [5, 5.41) is 2.40. The number of hydrogen-bond acceptors (Lipinski definition) is 1. The second-order valence-corrected chi connectivity index (χ2v) is 4.59. The molecule has 0 bridgehead atoms. The van der Waals surface area contributed by atoms with E-state index in [0.717, 1.165) is 6.07 Å². The van der Waals surface area contributed by atoms with Crippen molar-refractivity contribution >= 4 is 11.6 Å². The van der Waals surface area contributed by atoms with E-state index in [4.69, 9.17) is 11.6 Å². The Labute approximate surface area is 101 Å². The minimum Gasteiger partial charge on any atom is -0.299 e. The molecule has 1 nitrogen and oxygen atoms in total. The highest BCUT2D eigenvalue weighted by molar-refractivity contribution is 6.30. The van der Waals surface area contributed by atoms with E-state index in [-0.39, 0.29) is 24.4 Å². The number of halogens is 5. The lowest BCUT2D eigenvalue weighted by Gasteiger charge is -2.20. The van der Waals surface area contributed by atoms with Crippen LogP contribution in [0.25, 0.3) is 0 Å². The number of hydrogen-bond donors (Lipinski definition) is 1. The van der Waals surface area contributed by atoms with Gasteiger partial charge in [-0.05, 0) is 30.5 Å². The molecule has 1 saturated carbocycles. The third-order valence-corrected chi connectivity index (χ3v) is 3.21. The molecule has 1 N–H and O–H groups in total. The second kappa shape index (κ2) is 4.14. The highest BCUT2D eigenvalue weighted by atomic mass is 35.5. The Balaban J connectivity index is 2.01. The van der Waals surface area contributed by atoms with Crippen LogP contribution < -0.4 is 5.32 Å². The summed E-state index contributed by atoms with van der Waals surface area (Å²) in [6.45, 7) is -0.0202. The Morgan fingerprint density at radius 3 is 2.41 bits per heavy atom. The highest BCUT2D eigenvalue weighted by Crippen LogP contribution is 2.49. The zero-order chi connectivity index (χ0) is 12.7. The van der Waals surface area contributed by atoms with Crippen molar-refractivity contribution in [1.29, 1.82) is 0 Å². The van der Waals surface area contributed by atoms with Gasteiger partial charge >= 0.3 is 6.18 Å². The van der Waals surface area contributed by atoms with Gasteiger partial charge in [-0.1, -0.05) is 17.7 Å². The fraction of sp³-hybridized carbons (Fsp3) is 0.455. The van der Waals surface area contributed by atoms with Gasteiger partial charge in [0.2, 0.25) is 0 Å². The molecular formula is C11H10ClF4N. The van der Waals surface area contributed by atoms with Crippen LogP contribution in [0.3, 0.4) is 0 Å². The molecule has 17 heavy (non-hydrogen) atoms. The number of benzene rings is 1. The monoisotopic (exact) mass is 267 g/mol. The first-order valence-electron chi connectivity index (χ1n) is 5.10. The van der Waals surface area contributed by atoms with Gasteiger partial charge in [0.1, 0.15) is 11.4 Å². The lowest BCUT2D eigenvalue weighted by molar-refractivity contribution is -0.166. The first kappa shape index (κ1) is 12.6. The lowest BCUT2D eigenvalue weighted by Crippen LogP contribution is -2.44.